The summed E-state index contributed by atoms with van der Waals surface area (Å²) in [6.07, 6.45) is 13.8. The van der Waals surface area contributed by atoms with Gasteiger partial charge in [-0.3, -0.25) is 39.1 Å². The lowest BCUT2D eigenvalue weighted by Crippen LogP contribution is -2.45. The Morgan fingerprint density at radius 3 is 1.28 bits per heavy atom. The van der Waals surface area contributed by atoms with Crippen LogP contribution in [0.4, 0.5) is 0 Å². The van der Waals surface area contributed by atoms with Gasteiger partial charge in [0, 0.05) is 101 Å². The first kappa shape index (κ1) is 88.8. The second-order valence-corrected chi connectivity index (χ2v) is 38.3. The summed E-state index contributed by atoms with van der Waals surface area (Å²) in [5, 5.41) is 28.0. The fourth-order valence-electron chi connectivity index (χ4n) is 18.2. The highest BCUT2D eigenvalue weighted by Gasteiger charge is 2.54. The molecule has 4 aliphatic carbocycles. The molecular weight excluding hydrogens is 1700 g/mol. The van der Waals surface area contributed by atoms with Crippen molar-refractivity contribution in [2.75, 3.05) is 53.5 Å². The number of rotatable bonds is 28. The van der Waals surface area contributed by atoms with Crippen LogP contribution in [0.25, 0.3) is 44.8 Å². The third kappa shape index (κ3) is 18.4. The normalized spacial score (nSPS) is 17.1. The van der Waals surface area contributed by atoms with Crippen LogP contribution in [0.3, 0.4) is 0 Å². The maximum Gasteiger partial charge on any atom is 0.243 e. The molecule has 4 saturated carbocycles. The Balaban J connectivity index is 0.000000136. The van der Waals surface area contributed by atoms with Crippen LogP contribution in [0.1, 0.15) is 142 Å². The molecule has 21 rings (SSSR count). The van der Waals surface area contributed by atoms with Crippen molar-refractivity contribution in [2.45, 2.75) is 161 Å². The van der Waals surface area contributed by atoms with Crippen molar-refractivity contribution in [3.63, 3.8) is 0 Å². The number of carbonyl (C=O) groups is 4. The maximum atomic E-state index is 13.4. The zero-order valence-corrected chi connectivity index (χ0v) is 74.5. The molecule has 1 unspecified atom stereocenters. The first-order chi connectivity index (χ1) is 63.5. The van der Waals surface area contributed by atoms with Crippen LogP contribution in [0.2, 0.25) is 0 Å². The Morgan fingerprint density at radius 2 is 0.847 bits per heavy atom. The van der Waals surface area contributed by atoms with Crippen molar-refractivity contribution in [1.29, 1.82) is 0 Å². The van der Waals surface area contributed by atoms with Crippen LogP contribution in [0.5, 0.6) is 46.0 Å². The van der Waals surface area contributed by atoms with Crippen LogP contribution in [-0.4, -0.2) is 139 Å². The van der Waals surface area contributed by atoms with Crippen molar-refractivity contribution in [2.24, 2.45) is 0 Å². The molecule has 1 atom stereocenters. The van der Waals surface area contributed by atoms with Crippen LogP contribution in [-0.2, 0) is 93.2 Å². The Labute approximate surface area is 764 Å². The molecule has 8 aromatic carbocycles. The molecule has 678 valence electrons. The molecule has 9 aliphatic rings. The first-order valence-electron chi connectivity index (χ1n) is 44.3. The fraction of sp³-hybridized carbons (Fsp3) is 0.308. The molecule has 1 saturated heterocycles. The topological polar surface area (TPSA) is 338 Å². The summed E-state index contributed by atoms with van der Waals surface area (Å²) < 4.78 is 98.1. The van der Waals surface area contributed by atoms with Gasteiger partial charge in [-0.15, -0.1) is 0 Å². The van der Waals surface area contributed by atoms with Gasteiger partial charge in [0.25, 0.3) is 0 Å². The van der Waals surface area contributed by atoms with E-state index in [2.05, 4.69) is 53.7 Å². The van der Waals surface area contributed by atoms with Crippen molar-refractivity contribution in [3.05, 3.63) is 298 Å². The second-order valence-electron chi connectivity index (χ2n) is 34.7. The van der Waals surface area contributed by atoms with Gasteiger partial charge < -0.3 is 53.2 Å². The van der Waals surface area contributed by atoms with Crippen molar-refractivity contribution in [3.8, 4) is 90.8 Å². The summed E-state index contributed by atoms with van der Waals surface area (Å²) in [4.78, 5) is 72.1. The quantitative estimate of drug-likeness (QED) is 0.0354. The van der Waals surface area contributed by atoms with Crippen molar-refractivity contribution in [1.82, 2.24) is 29.0 Å². The van der Waals surface area contributed by atoms with E-state index in [1.54, 1.807) is 42.6 Å². The van der Waals surface area contributed by atoms with Crippen LogP contribution in [0.15, 0.2) is 241 Å². The van der Waals surface area contributed by atoms with E-state index < -0.39 is 41.7 Å². The molecular formula is C104H106N6O19S2. The largest absolute Gasteiger partial charge is 0.454 e. The number of pyridine rings is 4. The lowest BCUT2D eigenvalue weighted by molar-refractivity contribution is -0.121. The molecule has 5 aliphatic heterocycles. The number of sulfonamides is 2. The predicted molar refractivity (Wildman–Crippen MR) is 495 cm³/mol. The Bertz CT molecular complexity index is 6630. The third-order valence-electron chi connectivity index (χ3n) is 26.7. The number of benzene rings is 8. The zero-order valence-electron chi connectivity index (χ0n) is 72.9. The van der Waals surface area contributed by atoms with Gasteiger partial charge in [-0.25, -0.2) is 21.6 Å². The number of carbonyl (C=O) groups excluding carboxylic acids is 4. The molecule has 4 N–H and O–H groups in total. The minimum Gasteiger partial charge on any atom is -0.454 e. The molecule has 9 heterocycles. The highest BCUT2D eigenvalue weighted by Crippen LogP contribution is 2.56. The summed E-state index contributed by atoms with van der Waals surface area (Å²) in [6.45, 7) is 7.09. The standard InChI is InChI=1S/C29H30N2O6S.C26H25NO3.C25H24N2O6S.C24H21NO4.3H2/c32-18-23-5-1-2-15-31(23)38(34,35)24-10-7-20(8-11-24)25-6-3-4-22(30-25)17-28(33)29(13-14-29)21-9-12-26-27(16-21)37-19-36-26;1-16-6-4-5-7-20(16)21-14-27-22(18(3)17(21)2)13-25(28)26(10-11-26)19-8-9-23-24(12-19)30-15-29-23;28-13-12-26-34(30,31)20-7-4-17(5-8-20)21-3-1-2-19(27-21)15-24(29)25(10-11-25)18-6-9-22-23(14-18)33-16-32-22;26-14-17-3-1-2-4-20(17)16-5-7-19(25-13-16)12-23(27)24(9-10-24)18-6-8-21-22(11-18)29-15-28-21;;;/h3-4,6-12,16,23,32H,1-2,5,13-15,17-19H2;4-9,12,14H,10-11,13,15H2,1-3H3;1-9,14,26,28H,10-13,15-16H2;1-8,11,13,26H,9-10,12,14-15H2;3*1H. The van der Waals surface area contributed by atoms with Gasteiger partial charge in [0.2, 0.25) is 47.2 Å². The number of hydrogen-bond acceptors (Lipinski definition) is 23. The third-order valence-corrected chi connectivity index (χ3v) is 30.2. The number of hydrogen-bond donors (Lipinski definition) is 4. The lowest BCUT2D eigenvalue weighted by Gasteiger charge is -2.33. The number of aryl methyl sites for hydroxylation is 1. The van der Waals surface area contributed by atoms with Gasteiger partial charge in [0.15, 0.2) is 46.0 Å². The van der Waals surface area contributed by atoms with E-state index in [1.165, 1.54) is 33.1 Å². The summed E-state index contributed by atoms with van der Waals surface area (Å²) in [6, 6.07) is 66.7. The van der Waals surface area contributed by atoms with Gasteiger partial charge in [0.1, 0.15) is 23.1 Å². The highest BCUT2D eigenvalue weighted by molar-refractivity contribution is 7.89. The molecule has 0 bridgehead atoms. The smallest absolute Gasteiger partial charge is 0.243 e. The minimum absolute atomic E-state index is 0. The van der Waals surface area contributed by atoms with Gasteiger partial charge in [-0.05, 0) is 244 Å². The van der Waals surface area contributed by atoms with Gasteiger partial charge in [0.05, 0.1) is 68.4 Å². The molecule has 4 aromatic heterocycles. The van der Waals surface area contributed by atoms with Gasteiger partial charge in [-0.2, -0.15) is 4.31 Å². The molecule has 12 aromatic rings. The molecule has 27 heteroatoms. The number of ether oxygens (including phenoxy) is 8. The number of Topliss-reactive ketones (excluding diaryl/α,β-unsaturated/α-hetero) is 4. The fourth-order valence-corrected chi connectivity index (χ4v) is 20.9. The SMILES string of the molecule is Cc1ccccc1-c1cnc(CC(=O)C2(c3ccc4c(c3)OCO4)CC2)c(C)c1C.O=C(Cc1ccc(-c2ccccc2CO)cn1)C1(c2ccc3c(c2)OCO3)CC1.O=C(Cc1cccc(-c2ccc(S(=O)(=O)N3CCCCC3CO)cc2)n1)C1(c2ccc3c(c2)OCO3)CC1.O=C(Cc1cccc(-c2ccc(S(=O)(=O)NCCO)cc2)n1)C1(c2ccc3c(c2)OCO3)CC1.[HH].[HH].[HH]. The van der Waals surface area contributed by atoms with Crippen LogP contribution >= 0.6 is 0 Å². The maximum absolute atomic E-state index is 13.4. The van der Waals surface area contributed by atoms with E-state index in [9.17, 15) is 46.2 Å². The number of aliphatic hydroxyl groups excluding tert-OH is 3. The summed E-state index contributed by atoms with van der Waals surface area (Å²) in [7, 11) is -7.37. The second kappa shape index (κ2) is 37.2. The predicted octanol–water partition coefficient (Wildman–Crippen LogP) is 16.2. The van der Waals surface area contributed by atoms with E-state index in [0.717, 1.165) is 154 Å². The van der Waals surface area contributed by atoms with E-state index in [0.29, 0.717) is 77.3 Å². The molecule has 0 amide bonds. The van der Waals surface area contributed by atoms with Crippen LogP contribution < -0.4 is 42.6 Å². The molecule has 131 heavy (non-hydrogen) atoms. The number of fused-ring (bicyclic) bond motifs is 4. The van der Waals surface area contributed by atoms with Gasteiger partial charge in [-0.1, -0.05) is 122 Å². The average molecular weight is 1810 g/mol. The highest BCUT2D eigenvalue weighted by atomic mass is 32.2. The van der Waals surface area contributed by atoms with E-state index >= 15 is 0 Å². The summed E-state index contributed by atoms with van der Waals surface area (Å²) in [5.41, 5.74) is 16.5. The number of piperidine rings is 1. The monoisotopic (exact) mass is 1810 g/mol. The summed E-state index contributed by atoms with van der Waals surface area (Å²) in [5.74, 6) is 6.36. The van der Waals surface area contributed by atoms with E-state index in [-0.39, 0.29) is 110 Å². The first-order valence-corrected chi connectivity index (χ1v) is 47.2. The minimum atomic E-state index is -3.69. The molecule has 0 spiro atoms. The zero-order chi connectivity index (χ0) is 90.8. The van der Waals surface area contributed by atoms with Crippen LogP contribution in [0, 0.1) is 20.8 Å². The van der Waals surface area contributed by atoms with E-state index in [1.807, 2.05) is 158 Å². The molecule has 0 radical (unpaired) electrons. The lowest BCUT2D eigenvalue weighted by atomic mass is 9.87. The number of aliphatic hydroxyl groups is 3. The Morgan fingerprint density at radius 1 is 0.420 bits per heavy atom. The average Bonchev–Trinajstić information content (AvgIpc) is 1.59. The number of nitrogens with one attached hydrogen (secondary N) is 1. The van der Waals surface area contributed by atoms with Crippen molar-refractivity contribution >= 4 is 43.2 Å². The Kier molecular flexibility index (Phi) is 25.2. The number of aromatic nitrogens is 4. The Hall–Kier alpha value is -12.9. The molecule has 25 nitrogen and oxygen atoms in total. The summed E-state index contributed by atoms with van der Waals surface area (Å²) >= 11 is 0. The van der Waals surface area contributed by atoms with E-state index in [4.69, 9.17) is 53.0 Å². The van der Waals surface area contributed by atoms with Gasteiger partial charge >= 0.3 is 0 Å². The number of nitrogens with zero attached hydrogens (tertiary/aromatic N) is 5. The van der Waals surface area contributed by atoms with Crippen molar-refractivity contribution < 1.29 is 93.5 Å². The number of ketones is 4. The molecule has 5 fully saturated rings.